The van der Waals surface area contributed by atoms with Crippen molar-refractivity contribution in [1.29, 1.82) is 0 Å². The van der Waals surface area contributed by atoms with Gasteiger partial charge in [0.05, 0.1) is 0 Å². The van der Waals surface area contributed by atoms with Crippen LogP contribution in [-0.2, 0) is 10.8 Å². The minimum absolute atomic E-state index is 0.230. The zero-order chi connectivity index (χ0) is 18.4. The maximum atomic E-state index is 3.58. The third kappa shape index (κ3) is 3.03. The van der Waals surface area contributed by atoms with E-state index in [-0.39, 0.29) is 10.8 Å². The summed E-state index contributed by atoms with van der Waals surface area (Å²) in [4.78, 5) is 0. The lowest BCUT2D eigenvalue weighted by Gasteiger charge is -2.22. The summed E-state index contributed by atoms with van der Waals surface area (Å²) in [6.07, 6.45) is 1.20. The van der Waals surface area contributed by atoms with E-state index < -0.39 is 0 Å². The van der Waals surface area contributed by atoms with Crippen LogP contribution in [0.3, 0.4) is 0 Å². The molecular formula is C25H27N. The molecule has 0 heterocycles. The van der Waals surface area contributed by atoms with Crippen molar-refractivity contribution in [3.05, 3.63) is 83.9 Å². The molecule has 0 aromatic heterocycles. The molecule has 0 atom stereocenters. The van der Waals surface area contributed by atoms with Gasteiger partial charge in [-0.15, -0.1) is 0 Å². The molecule has 1 N–H and O–H groups in total. The van der Waals surface area contributed by atoms with Crippen molar-refractivity contribution in [3.63, 3.8) is 0 Å². The van der Waals surface area contributed by atoms with E-state index >= 15 is 0 Å². The first-order valence-electron chi connectivity index (χ1n) is 9.43. The molecule has 0 unspecified atom stereocenters. The molecule has 1 aliphatic rings. The molecule has 1 aliphatic carbocycles. The number of hydrogen-bond donors (Lipinski definition) is 1. The lowest BCUT2D eigenvalue weighted by Crippen LogP contribution is -2.17. The van der Waals surface area contributed by atoms with Crippen molar-refractivity contribution in [1.82, 2.24) is 0 Å². The van der Waals surface area contributed by atoms with Crippen molar-refractivity contribution < 1.29 is 0 Å². The molecule has 0 amide bonds. The van der Waals surface area contributed by atoms with E-state index in [0.717, 1.165) is 5.69 Å². The highest BCUT2D eigenvalue weighted by atomic mass is 14.9. The van der Waals surface area contributed by atoms with Gasteiger partial charge in [-0.25, -0.2) is 0 Å². The fraction of sp³-hybridized carbons (Fsp3) is 0.280. The first kappa shape index (κ1) is 16.9. The van der Waals surface area contributed by atoms with E-state index in [1.54, 1.807) is 0 Å². The molecule has 0 spiro atoms. The molecule has 26 heavy (non-hydrogen) atoms. The molecule has 3 aromatic rings. The van der Waals surface area contributed by atoms with Crippen LogP contribution in [0.15, 0.2) is 72.8 Å². The molecular weight excluding hydrogens is 314 g/mol. The van der Waals surface area contributed by atoms with Gasteiger partial charge in [-0.3, -0.25) is 0 Å². The minimum atomic E-state index is 0.230. The average Bonchev–Trinajstić information content (AvgIpc) is 2.80. The first-order chi connectivity index (χ1) is 12.4. The number of fused-ring (bicyclic) bond motifs is 1. The number of nitrogens with one attached hydrogen (secondary N) is 1. The molecule has 4 rings (SSSR count). The largest absolute Gasteiger partial charge is 0.356 e. The van der Waals surface area contributed by atoms with Crippen LogP contribution >= 0.6 is 0 Å². The highest BCUT2D eigenvalue weighted by Gasteiger charge is 2.41. The zero-order valence-electron chi connectivity index (χ0n) is 16.1. The van der Waals surface area contributed by atoms with Gasteiger partial charge in [-0.2, -0.15) is 0 Å². The van der Waals surface area contributed by atoms with Gasteiger partial charge in [0.1, 0.15) is 0 Å². The number of anilines is 2. The zero-order valence-corrected chi connectivity index (χ0v) is 16.1. The van der Waals surface area contributed by atoms with Crippen LogP contribution in [0.1, 0.15) is 45.2 Å². The van der Waals surface area contributed by atoms with Crippen LogP contribution < -0.4 is 5.32 Å². The average molecular weight is 341 g/mol. The standard InChI is InChI=1S/C25H27N/c1-24(2)17-25(3,4)23-16-21(14-15-22(23)24)26-20-12-10-19(11-13-20)18-8-6-5-7-9-18/h5-16,26H,17H2,1-4H3. The van der Waals surface area contributed by atoms with Gasteiger partial charge >= 0.3 is 0 Å². The molecule has 0 bridgehead atoms. The van der Waals surface area contributed by atoms with Crippen molar-refractivity contribution in [2.24, 2.45) is 0 Å². The van der Waals surface area contributed by atoms with E-state index in [1.165, 1.54) is 34.4 Å². The van der Waals surface area contributed by atoms with Gasteiger partial charge in [0.25, 0.3) is 0 Å². The fourth-order valence-electron chi connectivity index (χ4n) is 4.61. The molecule has 3 aromatic carbocycles. The van der Waals surface area contributed by atoms with Gasteiger partial charge in [-0.05, 0) is 63.8 Å². The second-order valence-corrected chi connectivity index (χ2v) is 8.77. The minimum Gasteiger partial charge on any atom is -0.356 e. The predicted molar refractivity (Wildman–Crippen MR) is 112 cm³/mol. The lowest BCUT2D eigenvalue weighted by atomic mass is 9.82. The molecule has 0 aliphatic heterocycles. The van der Waals surface area contributed by atoms with Crippen LogP contribution in [0.25, 0.3) is 11.1 Å². The van der Waals surface area contributed by atoms with Crippen molar-refractivity contribution >= 4 is 11.4 Å². The summed E-state index contributed by atoms with van der Waals surface area (Å²) in [6, 6.07) is 26.0. The van der Waals surface area contributed by atoms with Gasteiger partial charge in [0.15, 0.2) is 0 Å². The molecule has 0 radical (unpaired) electrons. The molecule has 1 nitrogen and oxygen atoms in total. The SMILES string of the molecule is CC1(C)CC(C)(C)c2cc(Nc3ccc(-c4ccccc4)cc3)ccc21. The normalized spacial score (nSPS) is 16.9. The Morgan fingerprint density at radius 3 is 1.88 bits per heavy atom. The maximum Gasteiger partial charge on any atom is 0.0387 e. The smallest absolute Gasteiger partial charge is 0.0387 e. The van der Waals surface area contributed by atoms with Gasteiger partial charge in [0, 0.05) is 11.4 Å². The summed E-state index contributed by atoms with van der Waals surface area (Å²) >= 11 is 0. The third-order valence-corrected chi connectivity index (χ3v) is 5.64. The van der Waals surface area contributed by atoms with Crippen LogP contribution in [-0.4, -0.2) is 0 Å². The molecule has 0 saturated carbocycles. The summed E-state index contributed by atoms with van der Waals surface area (Å²) in [6.45, 7) is 9.43. The Morgan fingerprint density at radius 2 is 1.19 bits per heavy atom. The molecule has 132 valence electrons. The highest BCUT2D eigenvalue weighted by molar-refractivity contribution is 5.69. The van der Waals surface area contributed by atoms with Crippen molar-refractivity contribution in [2.75, 3.05) is 5.32 Å². The quantitative estimate of drug-likeness (QED) is 0.538. The summed E-state index contributed by atoms with van der Waals surface area (Å²) in [5, 5.41) is 3.58. The van der Waals surface area contributed by atoms with E-state index in [9.17, 15) is 0 Å². The second kappa shape index (κ2) is 6.02. The third-order valence-electron chi connectivity index (χ3n) is 5.64. The van der Waals surface area contributed by atoms with Crippen LogP contribution in [0.4, 0.5) is 11.4 Å². The van der Waals surface area contributed by atoms with E-state index in [2.05, 4.69) is 106 Å². The Balaban J connectivity index is 1.59. The Bertz CT molecular complexity index is 918. The summed E-state index contributed by atoms with van der Waals surface area (Å²) in [5.74, 6) is 0. The van der Waals surface area contributed by atoms with Gasteiger partial charge in [-0.1, -0.05) is 76.2 Å². The van der Waals surface area contributed by atoms with Crippen LogP contribution in [0.2, 0.25) is 0 Å². The van der Waals surface area contributed by atoms with Crippen molar-refractivity contribution in [3.8, 4) is 11.1 Å². The maximum absolute atomic E-state index is 3.58. The van der Waals surface area contributed by atoms with E-state index in [1.807, 2.05) is 0 Å². The highest BCUT2D eigenvalue weighted by Crippen LogP contribution is 2.50. The summed E-state index contributed by atoms with van der Waals surface area (Å²) in [5.41, 5.74) is 8.25. The van der Waals surface area contributed by atoms with E-state index in [0.29, 0.717) is 0 Å². The fourth-order valence-corrected chi connectivity index (χ4v) is 4.61. The Labute approximate surface area is 157 Å². The van der Waals surface area contributed by atoms with Crippen LogP contribution in [0, 0.1) is 0 Å². The van der Waals surface area contributed by atoms with Gasteiger partial charge in [0.2, 0.25) is 0 Å². The molecule has 0 saturated heterocycles. The summed E-state index contributed by atoms with van der Waals surface area (Å²) in [7, 11) is 0. The van der Waals surface area contributed by atoms with Crippen molar-refractivity contribution in [2.45, 2.75) is 44.9 Å². The number of hydrogen-bond acceptors (Lipinski definition) is 1. The molecule has 0 fully saturated rings. The lowest BCUT2D eigenvalue weighted by molar-refractivity contribution is 0.403. The number of benzene rings is 3. The monoisotopic (exact) mass is 341 g/mol. The topological polar surface area (TPSA) is 12.0 Å². The van der Waals surface area contributed by atoms with E-state index in [4.69, 9.17) is 0 Å². The molecule has 1 heteroatoms. The van der Waals surface area contributed by atoms with Crippen LogP contribution in [0.5, 0.6) is 0 Å². The predicted octanol–water partition coefficient (Wildman–Crippen LogP) is 7.06. The number of rotatable bonds is 3. The Kier molecular flexibility index (Phi) is 3.91. The first-order valence-corrected chi connectivity index (χ1v) is 9.43. The Morgan fingerprint density at radius 1 is 0.615 bits per heavy atom. The second-order valence-electron chi connectivity index (χ2n) is 8.77. The summed E-state index contributed by atoms with van der Waals surface area (Å²) < 4.78 is 0. The van der Waals surface area contributed by atoms with Gasteiger partial charge < -0.3 is 5.32 Å². The Hall–Kier alpha value is -2.54.